The highest BCUT2D eigenvalue weighted by Crippen LogP contribution is 2.37. The summed E-state index contributed by atoms with van der Waals surface area (Å²) in [5.74, 6) is -0.111. The van der Waals surface area contributed by atoms with E-state index in [2.05, 4.69) is 43.3 Å². The summed E-state index contributed by atoms with van der Waals surface area (Å²) in [6, 6.07) is 20.7. The van der Waals surface area contributed by atoms with Crippen molar-refractivity contribution in [1.29, 1.82) is 0 Å². The van der Waals surface area contributed by atoms with Gasteiger partial charge in [0.2, 0.25) is 5.69 Å². The van der Waals surface area contributed by atoms with E-state index < -0.39 is 6.37 Å². The fourth-order valence-electron chi connectivity index (χ4n) is 4.19. The Morgan fingerprint density at radius 2 is 1.79 bits per heavy atom. The number of nitrogens with zero attached hydrogens (tertiary/aromatic N) is 1. The van der Waals surface area contributed by atoms with Gasteiger partial charge in [-0.25, -0.2) is 4.57 Å². The van der Waals surface area contributed by atoms with Crippen molar-refractivity contribution < 1.29 is 11.7 Å². The van der Waals surface area contributed by atoms with Gasteiger partial charge in [-0.1, -0.05) is 44.2 Å². The molecule has 5 aromatic rings. The fourth-order valence-corrected chi connectivity index (χ4v) is 4.19. The van der Waals surface area contributed by atoms with Crippen LogP contribution < -0.4 is 4.57 Å². The van der Waals surface area contributed by atoms with E-state index in [4.69, 9.17) is 7.16 Å². The Labute approximate surface area is 174 Å². The Balaban J connectivity index is 1.75. The first-order valence-corrected chi connectivity index (χ1v) is 10.1. The number of hydrogen-bond acceptors (Lipinski definition) is 1. The molecule has 29 heavy (non-hydrogen) atoms. The zero-order valence-electron chi connectivity index (χ0n) is 19.3. The lowest BCUT2D eigenvalue weighted by Gasteiger charge is -2.08. The third kappa shape index (κ3) is 3.00. The number of furan rings is 1. The summed E-state index contributed by atoms with van der Waals surface area (Å²) in [7, 11) is 2.00. The second-order valence-electron chi connectivity index (χ2n) is 8.14. The van der Waals surface area contributed by atoms with Crippen molar-refractivity contribution in [1.82, 2.24) is 0 Å². The summed E-state index contributed by atoms with van der Waals surface area (Å²) in [4.78, 5) is 0. The summed E-state index contributed by atoms with van der Waals surface area (Å²) in [5.41, 5.74) is 5.64. The van der Waals surface area contributed by atoms with Crippen LogP contribution in [0.15, 0.2) is 71.3 Å². The molecule has 2 nitrogen and oxygen atoms in total. The highest BCUT2D eigenvalue weighted by atomic mass is 16.3. The molecule has 2 aromatic heterocycles. The molecule has 0 saturated carbocycles. The molecule has 2 heterocycles. The number of benzene rings is 3. The smallest absolute Gasteiger partial charge is 0.212 e. The zero-order valence-corrected chi connectivity index (χ0v) is 17.3. The Morgan fingerprint density at radius 3 is 2.62 bits per heavy atom. The van der Waals surface area contributed by atoms with Crippen molar-refractivity contribution in [2.24, 2.45) is 13.0 Å². The van der Waals surface area contributed by atoms with Crippen LogP contribution in [0, 0.1) is 12.8 Å². The van der Waals surface area contributed by atoms with E-state index in [1.54, 1.807) is 0 Å². The van der Waals surface area contributed by atoms with Crippen molar-refractivity contribution in [3.63, 3.8) is 0 Å². The normalized spacial score (nSPS) is 13.4. The van der Waals surface area contributed by atoms with Gasteiger partial charge in [-0.2, -0.15) is 0 Å². The summed E-state index contributed by atoms with van der Waals surface area (Å²) >= 11 is 0. The van der Waals surface area contributed by atoms with E-state index in [1.165, 1.54) is 5.39 Å². The van der Waals surface area contributed by atoms with E-state index in [9.17, 15) is 0 Å². The van der Waals surface area contributed by atoms with Gasteiger partial charge < -0.3 is 4.42 Å². The van der Waals surface area contributed by atoms with E-state index >= 15 is 0 Å². The van der Waals surface area contributed by atoms with Crippen LogP contribution in [0.5, 0.6) is 0 Å². The fraction of sp³-hybridized carbons (Fsp3) is 0.222. The molecule has 0 aliphatic heterocycles. The van der Waals surface area contributed by atoms with Gasteiger partial charge in [0.25, 0.3) is 0 Å². The quantitative estimate of drug-likeness (QED) is 0.316. The summed E-state index contributed by atoms with van der Waals surface area (Å²) in [6.45, 7) is 5.95. The molecule has 2 heteroatoms. The second-order valence-corrected chi connectivity index (χ2v) is 8.14. The van der Waals surface area contributed by atoms with Crippen LogP contribution in [0.3, 0.4) is 0 Å². The highest BCUT2D eigenvalue weighted by Gasteiger charge is 2.18. The van der Waals surface area contributed by atoms with Crippen molar-refractivity contribution >= 4 is 32.7 Å². The third-order valence-electron chi connectivity index (χ3n) is 5.59. The molecular weight excluding hydrogens is 354 g/mol. The average molecular weight is 383 g/mol. The van der Waals surface area contributed by atoms with Gasteiger partial charge in [-0.3, -0.25) is 0 Å². The van der Waals surface area contributed by atoms with Crippen LogP contribution in [0.25, 0.3) is 44.0 Å². The van der Waals surface area contributed by atoms with E-state index in [0.29, 0.717) is 5.56 Å². The van der Waals surface area contributed by atoms with Crippen LogP contribution in [-0.2, 0) is 13.4 Å². The molecule has 144 valence electrons. The molecule has 0 spiro atoms. The van der Waals surface area contributed by atoms with Crippen molar-refractivity contribution in [2.75, 3.05) is 0 Å². The maximum absolute atomic E-state index is 8.53. The van der Waals surface area contributed by atoms with Crippen molar-refractivity contribution in [3.05, 3.63) is 78.0 Å². The Kier molecular flexibility index (Phi) is 3.66. The van der Waals surface area contributed by atoms with Crippen LogP contribution in [0.2, 0.25) is 0 Å². The van der Waals surface area contributed by atoms with Gasteiger partial charge in [-0.05, 0) is 53.9 Å². The molecule has 0 saturated heterocycles. The molecular formula is C27H26NO+. The largest absolute Gasteiger partial charge is 0.455 e. The minimum Gasteiger partial charge on any atom is -0.455 e. The Bertz CT molecular complexity index is 1460. The zero-order chi connectivity index (χ0) is 21.9. The van der Waals surface area contributed by atoms with Crippen molar-refractivity contribution in [2.45, 2.75) is 27.1 Å². The number of rotatable bonds is 3. The van der Waals surface area contributed by atoms with E-state index in [1.807, 2.05) is 55.9 Å². The maximum atomic E-state index is 8.53. The van der Waals surface area contributed by atoms with Gasteiger partial charge in [0.15, 0.2) is 6.20 Å². The highest BCUT2D eigenvalue weighted by molar-refractivity contribution is 6.15. The van der Waals surface area contributed by atoms with Gasteiger partial charge in [-0.15, -0.1) is 0 Å². The van der Waals surface area contributed by atoms with Crippen LogP contribution >= 0.6 is 0 Å². The van der Waals surface area contributed by atoms with Gasteiger partial charge in [0, 0.05) is 31.0 Å². The van der Waals surface area contributed by atoms with Gasteiger partial charge in [0.1, 0.15) is 18.2 Å². The number of fused-ring (bicyclic) bond motifs is 5. The molecule has 0 aliphatic rings. The number of aryl methyl sites for hydroxylation is 2. The minimum atomic E-state index is -1.39. The molecule has 0 fully saturated rings. The van der Waals surface area contributed by atoms with Gasteiger partial charge in [0.05, 0.1) is 5.56 Å². The second kappa shape index (κ2) is 6.73. The van der Waals surface area contributed by atoms with E-state index in [-0.39, 0.29) is 5.92 Å². The number of hydrogen-bond donors (Lipinski definition) is 0. The van der Waals surface area contributed by atoms with E-state index in [0.717, 1.165) is 44.1 Å². The first-order valence-electron chi connectivity index (χ1n) is 11.1. The molecule has 0 bridgehead atoms. The lowest BCUT2D eigenvalue weighted by atomic mass is 9.97. The van der Waals surface area contributed by atoms with Crippen LogP contribution in [-0.4, -0.2) is 0 Å². The summed E-state index contributed by atoms with van der Waals surface area (Å²) < 4.78 is 25.5. The van der Waals surface area contributed by atoms with Crippen molar-refractivity contribution in [3.8, 4) is 11.3 Å². The maximum Gasteiger partial charge on any atom is 0.212 e. The molecule has 0 atom stereocenters. The lowest BCUT2D eigenvalue weighted by Crippen LogP contribution is -2.30. The first-order chi connectivity index (χ1) is 14.8. The minimum absolute atomic E-state index is 0.111. The molecule has 0 amide bonds. The van der Waals surface area contributed by atoms with Crippen LogP contribution in [0.4, 0.5) is 0 Å². The molecule has 0 radical (unpaired) electrons. The summed E-state index contributed by atoms with van der Waals surface area (Å²) in [5, 5.41) is 4.52. The lowest BCUT2D eigenvalue weighted by molar-refractivity contribution is -0.660. The molecule has 0 aliphatic carbocycles. The molecule has 0 N–H and O–H groups in total. The Morgan fingerprint density at radius 1 is 0.966 bits per heavy atom. The Hall–Kier alpha value is -3.13. The average Bonchev–Trinajstić information content (AvgIpc) is 3.11. The first kappa shape index (κ1) is 15.8. The predicted molar refractivity (Wildman–Crippen MR) is 121 cm³/mol. The molecule has 0 unspecified atom stereocenters. The SMILES string of the molecule is [2H]C([2H])(c1cc[n+](C)c(-c2cc3oc4c5ccccc5ccc4c3cc2C)c1)C(C)C. The van der Waals surface area contributed by atoms with Crippen LogP contribution in [0.1, 0.15) is 27.7 Å². The summed E-state index contributed by atoms with van der Waals surface area (Å²) in [6.07, 6.45) is 0.556. The number of pyridine rings is 1. The monoisotopic (exact) mass is 382 g/mol. The topological polar surface area (TPSA) is 17.0 Å². The van der Waals surface area contributed by atoms with Gasteiger partial charge >= 0.3 is 0 Å². The standard InChI is InChI=1S/C27H26NO/c1-17(2)13-19-11-12-28(4)25(15-19)23-16-26-24(14-18(23)3)22-10-9-20-7-5-6-8-21(20)27(22)29-26/h5-12,14-17H,13H2,1-4H3/q+1/i13D2. The molecule has 5 rings (SSSR count). The molecule has 3 aromatic carbocycles. The third-order valence-corrected chi connectivity index (χ3v) is 5.59. The number of aromatic nitrogens is 1. The predicted octanol–water partition coefficient (Wildman–Crippen LogP) is 6.74.